The summed E-state index contributed by atoms with van der Waals surface area (Å²) in [6.07, 6.45) is 6.06. The van der Waals surface area contributed by atoms with Gasteiger partial charge >= 0.3 is 0 Å². The average molecular weight is 426 g/mol. The van der Waals surface area contributed by atoms with E-state index in [4.69, 9.17) is 32.7 Å². The Morgan fingerprint density at radius 3 is 2.71 bits per heavy atom. The Hall–Kier alpha value is -1.47. The first-order chi connectivity index (χ1) is 13.4. The predicted octanol–water partition coefficient (Wildman–Crippen LogP) is 4.51. The van der Waals surface area contributed by atoms with Gasteiger partial charge in [-0.3, -0.25) is 4.79 Å². The van der Waals surface area contributed by atoms with Crippen LogP contribution in [0.15, 0.2) is 30.9 Å². The number of ketones is 1. The highest BCUT2D eigenvalue weighted by atomic mass is 35.5. The maximum absolute atomic E-state index is 13.5. The first-order valence-corrected chi connectivity index (χ1v) is 10.2. The van der Waals surface area contributed by atoms with Crippen molar-refractivity contribution in [1.82, 2.24) is 14.8 Å². The fourth-order valence-electron chi connectivity index (χ4n) is 3.31. The van der Waals surface area contributed by atoms with Crippen LogP contribution in [0, 0.1) is 5.41 Å². The van der Waals surface area contributed by atoms with Gasteiger partial charge in [0.05, 0.1) is 18.6 Å². The third-order valence-electron chi connectivity index (χ3n) is 5.05. The number of carbonyl (C=O) groups excluding carboxylic acids is 1. The van der Waals surface area contributed by atoms with Gasteiger partial charge in [-0.1, -0.05) is 42.6 Å². The zero-order valence-electron chi connectivity index (χ0n) is 16.1. The van der Waals surface area contributed by atoms with Crippen LogP contribution >= 0.6 is 23.2 Å². The van der Waals surface area contributed by atoms with Crippen LogP contribution in [-0.4, -0.2) is 40.1 Å². The number of nitrogens with zero attached hydrogens (tertiary/aromatic N) is 3. The predicted molar refractivity (Wildman–Crippen MR) is 108 cm³/mol. The maximum Gasteiger partial charge on any atom is 0.168 e. The molecular formula is C20H25Cl2N3O3. The molecule has 3 rings (SSSR count). The second-order valence-corrected chi connectivity index (χ2v) is 8.29. The van der Waals surface area contributed by atoms with Crippen LogP contribution in [0.5, 0.6) is 0 Å². The molecule has 1 aliphatic heterocycles. The minimum absolute atomic E-state index is 0.0158. The summed E-state index contributed by atoms with van der Waals surface area (Å²) in [7, 11) is 0. The SMILES string of the molecule is CCCCC1OCC(C)(C(=O)C(Cc2ccc(Cl)cc2Cl)n2cncn2)CO1. The van der Waals surface area contributed by atoms with Gasteiger partial charge in [0.1, 0.15) is 18.7 Å². The van der Waals surface area contributed by atoms with Crippen molar-refractivity contribution in [3.05, 3.63) is 46.5 Å². The van der Waals surface area contributed by atoms with E-state index in [0.29, 0.717) is 29.7 Å². The molecule has 2 heterocycles. The molecule has 0 aliphatic carbocycles. The number of benzene rings is 1. The van der Waals surface area contributed by atoms with Crippen LogP contribution < -0.4 is 0 Å². The molecule has 8 heteroatoms. The van der Waals surface area contributed by atoms with Gasteiger partial charge in [-0.05, 0) is 37.5 Å². The summed E-state index contributed by atoms with van der Waals surface area (Å²) in [4.78, 5) is 17.5. The van der Waals surface area contributed by atoms with E-state index in [0.717, 1.165) is 24.8 Å². The van der Waals surface area contributed by atoms with Gasteiger partial charge < -0.3 is 9.47 Å². The molecule has 1 aromatic carbocycles. The number of rotatable bonds is 8. The molecule has 1 aromatic heterocycles. The number of carbonyl (C=O) groups is 1. The molecule has 1 saturated heterocycles. The smallest absolute Gasteiger partial charge is 0.168 e. The van der Waals surface area contributed by atoms with Crippen LogP contribution in [0.4, 0.5) is 0 Å². The molecule has 0 N–H and O–H groups in total. The lowest BCUT2D eigenvalue weighted by Gasteiger charge is -2.38. The Morgan fingerprint density at radius 2 is 2.11 bits per heavy atom. The Morgan fingerprint density at radius 1 is 1.36 bits per heavy atom. The van der Waals surface area contributed by atoms with Gasteiger partial charge in [-0.15, -0.1) is 0 Å². The molecule has 1 aliphatic rings. The van der Waals surface area contributed by atoms with Gasteiger partial charge in [0, 0.05) is 16.5 Å². The van der Waals surface area contributed by atoms with Gasteiger partial charge in [0.2, 0.25) is 0 Å². The second-order valence-electron chi connectivity index (χ2n) is 7.45. The van der Waals surface area contributed by atoms with E-state index in [1.165, 1.54) is 6.33 Å². The van der Waals surface area contributed by atoms with E-state index in [9.17, 15) is 4.79 Å². The Kier molecular flexibility index (Phi) is 7.10. The highest BCUT2D eigenvalue weighted by Crippen LogP contribution is 2.33. The number of Topliss-reactive ketones (excluding diaryl/α,β-unsaturated/α-hetero) is 1. The quantitative estimate of drug-likeness (QED) is 0.622. The molecule has 152 valence electrons. The lowest BCUT2D eigenvalue weighted by atomic mass is 9.81. The molecule has 2 aromatic rings. The topological polar surface area (TPSA) is 66.2 Å². The summed E-state index contributed by atoms with van der Waals surface area (Å²) in [6, 6.07) is 4.71. The molecule has 0 bridgehead atoms. The van der Waals surface area contributed by atoms with E-state index in [-0.39, 0.29) is 12.1 Å². The molecule has 0 radical (unpaired) electrons. The summed E-state index contributed by atoms with van der Waals surface area (Å²) < 4.78 is 13.3. The zero-order chi connectivity index (χ0) is 20.1. The van der Waals surface area contributed by atoms with Crippen molar-refractivity contribution < 1.29 is 14.3 Å². The van der Waals surface area contributed by atoms with Gasteiger partial charge in [0.15, 0.2) is 12.1 Å². The summed E-state index contributed by atoms with van der Waals surface area (Å²) in [5, 5.41) is 5.27. The molecule has 28 heavy (non-hydrogen) atoms. The largest absolute Gasteiger partial charge is 0.352 e. The number of hydrogen-bond acceptors (Lipinski definition) is 5. The minimum Gasteiger partial charge on any atom is -0.352 e. The Balaban J connectivity index is 1.78. The van der Waals surface area contributed by atoms with Crippen molar-refractivity contribution >= 4 is 29.0 Å². The molecule has 1 atom stereocenters. The van der Waals surface area contributed by atoms with Crippen LogP contribution in [0.3, 0.4) is 0 Å². The van der Waals surface area contributed by atoms with Gasteiger partial charge in [-0.25, -0.2) is 9.67 Å². The number of unbranched alkanes of at least 4 members (excludes halogenated alkanes) is 1. The average Bonchev–Trinajstić information content (AvgIpc) is 3.21. The van der Waals surface area contributed by atoms with Crippen LogP contribution in [0.25, 0.3) is 0 Å². The monoisotopic (exact) mass is 425 g/mol. The van der Waals surface area contributed by atoms with E-state index < -0.39 is 11.5 Å². The number of aromatic nitrogens is 3. The number of hydrogen-bond donors (Lipinski definition) is 0. The summed E-state index contributed by atoms with van der Waals surface area (Å²) >= 11 is 12.3. The van der Waals surface area contributed by atoms with Crippen molar-refractivity contribution in [3.63, 3.8) is 0 Å². The summed E-state index contributed by atoms with van der Waals surface area (Å²) in [5.41, 5.74) is 0.0556. The fraction of sp³-hybridized carbons (Fsp3) is 0.550. The number of halogens is 2. The molecule has 6 nitrogen and oxygen atoms in total. The van der Waals surface area contributed by atoms with Crippen molar-refractivity contribution in [2.75, 3.05) is 13.2 Å². The van der Waals surface area contributed by atoms with Crippen molar-refractivity contribution in [3.8, 4) is 0 Å². The highest BCUT2D eigenvalue weighted by Gasteiger charge is 2.43. The number of ether oxygens (including phenoxy) is 2. The summed E-state index contributed by atoms with van der Waals surface area (Å²) in [6.45, 7) is 4.64. The lowest BCUT2D eigenvalue weighted by Crippen LogP contribution is -2.48. The van der Waals surface area contributed by atoms with E-state index in [1.54, 1.807) is 23.1 Å². The van der Waals surface area contributed by atoms with E-state index in [2.05, 4.69) is 17.0 Å². The third kappa shape index (κ3) is 4.92. The Bertz CT molecular complexity index is 790. The molecule has 0 spiro atoms. The standard InChI is InChI=1S/C20H25Cl2N3O3/c1-3-4-5-18-27-10-20(2,11-28-18)19(26)17(25-13-23-12-24-25)8-14-6-7-15(21)9-16(14)22/h6-7,9,12-13,17-18H,3-5,8,10-11H2,1-2H3. The van der Waals surface area contributed by atoms with Crippen LogP contribution in [-0.2, 0) is 20.7 Å². The molecular weight excluding hydrogens is 401 g/mol. The summed E-state index contributed by atoms with van der Waals surface area (Å²) in [5.74, 6) is -0.0158. The molecule has 1 fully saturated rings. The molecule has 0 amide bonds. The first kappa shape index (κ1) is 21.2. The van der Waals surface area contributed by atoms with E-state index >= 15 is 0 Å². The van der Waals surface area contributed by atoms with Crippen molar-refractivity contribution in [2.24, 2.45) is 5.41 Å². The molecule has 0 saturated carbocycles. The van der Waals surface area contributed by atoms with Crippen molar-refractivity contribution in [2.45, 2.75) is 51.9 Å². The second kappa shape index (κ2) is 9.35. The van der Waals surface area contributed by atoms with Crippen LogP contribution in [0.2, 0.25) is 10.0 Å². The van der Waals surface area contributed by atoms with Gasteiger partial charge in [0.25, 0.3) is 0 Å². The highest BCUT2D eigenvalue weighted by molar-refractivity contribution is 6.35. The van der Waals surface area contributed by atoms with E-state index in [1.807, 2.05) is 13.0 Å². The third-order valence-corrected chi connectivity index (χ3v) is 5.64. The minimum atomic E-state index is -0.766. The molecule has 1 unspecified atom stereocenters. The lowest BCUT2D eigenvalue weighted by molar-refractivity contribution is -0.226. The van der Waals surface area contributed by atoms with Crippen LogP contribution in [0.1, 0.15) is 44.7 Å². The van der Waals surface area contributed by atoms with Gasteiger partial charge in [-0.2, -0.15) is 5.10 Å². The Labute approximate surface area is 175 Å². The first-order valence-electron chi connectivity index (χ1n) is 9.48. The maximum atomic E-state index is 13.5. The zero-order valence-corrected chi connectivity index (χ0v) is 17.6. The normalized spacial score (nSPS) is 23.5. The van der Waals surface area contributed by atoms with Crippen molar-refractivity contribution in [1.29, 1.82) is 0 Å². The fourth-order valence-corrected chi connectivity index (χ4v) is 3.79.